The first-order valence-corrected chi connectivity index (χ1v) is 9.92. The second-order valence-electron chi connectivity index (χ2n) is 6.39. The molecule has 30 heavy (non-hydrogen) atoms. The smallest absolute Gasteiger partial charge is 0.352 e. The van der Waals surface area contributed by atoms with Gasteiger partial charge in [-0.05, 0) is 17.2 Å². The van der Waals surface area contributed by atoms with Gasteiger partial charge in [-0.25, -0.2) is 4.98 Å². The SMILES string of the molecule is CN=C(NCc1ccc(Cn2ccccc2=O)cc1)NCc1nc(C(F)(F)F)cs1. The Kier molecular flexibility index (Phi) is 6.88. The number of thiazole rings is 1. The molecule has 0 saturated heterocycles. The summed E-state index contributed by atoms with van der Waals surface area (Å²) in [5, 5.41) is 7.39. The van der Waals surface area contributed by atoms with Crippen LogP contribution in [0.25, 0.3) is 0 Å². The minimum Gasteiger partial charge on any atom is -0.352 e. The van der Waals surface area contributed by atoms with Crippen molar-refractivity contribution in [2.75, 3.05) is 7.05 Å². The van der Waals surface area contributed by atoms with E-state index >= 15 is 0 Å². The number of hydrogen-bond donors (Lipinski definition) is 2. The highest BCUT2D eigenvalue weighted by molar-refractivity contribution is 7.09. The van der Waals surface area contributed by atoms with E-state index in [9.17, 15) is 18.0 Å². The lowest BCUT2D eigenvalue weighted by atomic mass is 10.1. The van der Waals surface area contributed by atoms with Crippen LogP contribution in [-0.2, 0) is 25.8 Å². The van der Waals surface area contributed by atoms with Gasteiger partial charge < -0.3 is 15.2 Å². The van der Waals surface area contributed by atoms with Gasteiger partial charge in [0.15, 0.2) is 11.7 Å². The number of pyridine rings is 1. The highest BCUT2D eigenvalue weighted by atomic mass is 32.1. The molecule has 0 unspecified atom stereocenters. The zero-order valence-corrected chi connectivity index (χ0v) is 16.9. The van der Waals surface area contributed by atoms with Crippen molar-refractivity contribution in [1.29, 1.82) is 0 Å². The van der Waals surface area contributed by atoms with Crippen molar-refractivity contribution in [2.45, 2.75) is 25.8 Å². The maximum absolute atomic E-state index is 12.6. The Bertz CT molecular complexity index is 1060. The average molecular weight is 435 g/mol. The largest absolute Gasteiger partial charge is 0.434 e. The van der Waals surface area contributed by atoms with E-state index in [1.54, 1.807) is 23.9 Å². The number of halogens is 3. The Hall–Kier alpha value is -3.14. The molecule has 0 aliphatic carbocycles. The maximum Gasteiger partial charge on any atom is 0.434 e. The van der Waals surface area contributed by atoms with Gasteiger partial charge in [0.05, 0.1) is 13.1 Å². The first-order valence-electron chi connectivity index (χ1n) is 9.04. The number of alkyl halides is 3. The summed E-state index contributed by atoms with van der Waals surface area (Å²) in [7, 11) is 1.58. The van der Waals surface area contributed by atoms with Crippen molar-refractivity contribution in [3.63, 3.8) is 0 Å². The molecule has 3 aromatic rings. The van der Waals surface area contributed by atoms with Gasteiger partial charge in [0, 0.05) is 31.2 Å². The molecule has 158 valence electrons. The monoisotopic (exact) mass is 435 g/mol. The van der Waals surface area contributed by atoms with Crippen LogP contribution in [0.2, 0.25) is 0 Å². The highest BCUT2D eigenvalue weighted by Crippen LogP contribution is 2.29. The van der Waals surface area contributed by atoms with Crippen LogP contribution in [0, 0.1) is 0 Å². The Labute approximate surface area is 175 Å². The molecule has 3 rings (SSSR count). The normalized spacial score (nSPS) is 12.1. The molecule has 2 heterocycles. The minimum absolute atomic E-state index is 0.0549. The van der Waals surface area contributed by atoms with Crippen molar-refractivity contribution in [1.82, 2.24) is 20.2 Å². The summed E-state index contributed by atoms with van der Waals surface area (Å²) in [4.78, 5) is 19.4. The number of benzene rings is 1. The summed E-state index contributed by atoms with van der Waals surface area (Å²) in [5.74, 6) is 0.457. The molecule has 10 heteroatoms. The Morgan fingerprint density at radius 1 is 1.10 bits per heavy atom. The van der Waals surface area contributed by atoms with Gasteiger partial charge in [-0.15, -0.1) is 11.3 Å². The third-order valence-corrected chi connectivity index (χ3v) is 5.06. The summed E-state index contributed by atoms with van der Waals surface area (Å²) >= 11 is 0.946. The van der Waals surface area contributed by atoms with E-state index in [1.165, 1.54) is 6.07 Å². The molecule has 0 aliphatic heterocycles. The van der Waals surface area contributed by atoms with Crippen LogP contribution in [0.3, 0.4) is 0 Å². The molecule has 2 aromatic heterocycles. The second-order valence-corrected chi connectivity index (χ2v) is 7.33. The number of guanidine groups is 1. The molecular weight excluding hydrogens is 415 g/mol. The molecule has 2 N–H and O–H groups in total. The quantitative estimate of drug-likeness (QED) is 0.461. The number of aromatic nitrogens is 2. The van der Waals surface area contributed by atoms with Crippen molar-refractivity contribution in [3.05, 3.63) is 86.2 Å². The molecule has 6 nitrogen and oxygen atoms in total. The lowest BCUT2D eigenvalue weighted by molar-refractivity contribution is -0.140. The lowest BCUT2D eigenvalue weighted by Gasteiger charge is -2.11. The number of aliphatic imine (C=N–C) groups is 1. The summed E-state index contributed by atoms with van der Waals surface area (Å²) in [5.41, 5.74) is 1.06. The number of nitrogens with one attached hydrogen (secondary N) is 2. The van der Waals surface area contributed by atoms with Gasteiger partial charge in [-0.2, -0.15) is 13.2 Å². The number of rotatable bonds is 6. The van der Waals surface area contributed by atoms with Crippen molar-refractivity contribution in [2.24, 2.45) is 4.99 Å². The van der Waals surface area contributed by atoms with Gasteiger partial charge in [-0.3, -0.25) is 9.79 Å². The van der Waals surface area contributed by atoms with Crippen molar-refractivity contribution in [3.8, 4) is 0 Å². The molecule has 0 bridgehead atoms. The predicted octanol–water partition coefficient (Wildman–Crippen LogP) is 3.24. The number of hydrogen-bond acceptors (Lipinski definition) is 4. The third-order valence-electron chi connectivity index (χ3n) is 4.21. The van der Waals surface area contributed by atoms with Gasteiger partial charge in [0.2, 0.25) is 0 Å². The molecule has 0 aliphatic rings. The first-order chi connectivity index (χ1) is 14.3. The van der Waals surface area contributed by atoms with E-state index in [4.69, 9.17) is 0 Å². The van der Waals surface area contributed by atoms with E-state index in [2.05, 4.69) is 20.6 Å². The van der Waals surface area contributed by atoms with E-state index in [1.807, 2.05) is 30.3 Å². The maximum atomic E-state index is 12.6. The van der Waals surface area contributed by atoms with Crippen LogP contribution in [0.15, 0.2) is 63.8 Å². The van der Waals surface area contributed by atoms with Crippen LogP contribution in [0.1, 0.15) is 21.8 Å². The van der Waals surface area contributed by atoms with Crippen LogP contribution in [-0.4, -0.2) is 22.6 Å². The highest BCUT2D eigenvalue weighted by Gasteiger charge is 2.33. The fourth-order valence-electron chi connectivity index (χ4n) is 2.64. The van der Waals surface area contributed by atoms with Crippen molar-refractivity contribution >= 4 is 17.3 Å². The summed E-state index contributed by atoms with van der Waals surface area (Å²) in [6.07, 6.45) is -2.69. The number of nitrogens with zero attached hydrogens (tertiary/aromatic N) is 3. The second kappa shape index (κ2) is 9.57. The molecule has 1 aromatic carbocycles. The van der Waals surface area contributed by atoms with Crippen LogP contribution >= 0.6 is 11.3 Å². The Morgan fingerprint density at radius 2 is 1.80 bits per heavy atom. The zero-order valence-electron chi connectivity index (χ0n) is 16.1. The van der Waals surface area contributed by atoms with Crippen LogP contribution < -0.4 is 16.2 Å². The predicted molar refractivity (Wildman–Crippen MR) is 110 cm³/mol. The van der Waals surface area contributed by atoms with E-state index < -0.39 is 11.9 Å². The third kappa shape index (κ3) is 5.93. The van der Waals surface area contributed by atoms with E-state index in [-0.39, 0.29) is 12.1 Å². The van der Waals surface area contributed by atoms with Gasteiger partial charge in [0.25, 0.3) is 5.56 Å². The Morgan fingerprint density at radius 3 is 2.43 bits per heavy atom. The minimum atomic E-state index is -4.44. The average Bonchev–Trinajstić information content (AvgIpc) is 3.21. The fraction of sp³-hybridized carbons (Fsp3) is 0.250. The lowest BCUT2D eigenvalue weighted by Crippen LogP contribution is -2.36. The van der Waals surface area contributed by atoms with Gasteiger partial charge in [0.1, 0.15) is 5.01 Å². The molecule has 0 radical (unpaired) electrons. The zero-order chi connectivity index (χ0) is 21.6. The van der Waals surface area contributed by atoms with Gasteiger partial charge in [-0.1, -0.05) is 30.3 Å². The van der Waals surface area contributed by atoms with E-state index in [0.717, 1.165) is 27.8 Å². The summed E-state index contributed by atoms with van der Waals surface area (Å²) in [6.45, 7) is 1.12. The molecule has 0 saturated carbocycles. The molecule has 0 amide bonds. The molecule has 0 atom stereocenters. The van der Waals surface area contributed by atoms with E-state index in [0.29, 0.717) is 24.1 Å². The Balaban J connectivity index is 1.50. The standard InChI is InChI=1S/C20H20F3N5OS/c1-24-19(26-11-17-27-16(13-30-17)20(21,22)23)25-10-14-5-7-15(8-6-14)12-28-9-3-2-4-18(28)29/h2-9,13H,10-12H2,1H3,(H2,24,25,26). The molecule has 0 fully saturated rings. The topological polar surface area (TPSA) is 71.3 Å². The first kappa shape index (κ1) is 21.6. The van der Waals surface area contributed by atoms with Gasteiger partial charge >= 0.3 is 6.18 Å². The summed E-state index contributed by atoms with van der Waals surface area (Å²) < 4.78 is 39.5. The molecular formula is C20H20F3N5OS. The summed E-state index contributed by atoms with van der Waals surface area (Å²) in [6, 6.07) is 12.8. The van der Waals surface area contributed by atoms with Crippen LogP contribution in [0.4, 0.5) is 13.2 Å². The fourth-order valence-corrected chi connectivity index (χ4v) is 3.38. The van der Waals surface area contributed by atoms with Crippen molar-refractivity contribution < 1.29 is 13.2 Å². The van der Waals surface area contributed by atoms with Crippen LogP contribution in [0.5, 0.6) is 0 Å². The molecule has 0 spiro atoms.